The highest BCUT2D eigenvalue weighted by Gasteiger charge is 2.27. The number of rotatable bonds is 11. The van der Waals surface area contributed by atoms with Gasteiger partial charge in [-0.25, -0.2) is 4.98 Å². The van der Waals surface area contributed by atoms with E-state index in [1.807, 2.05) is 71.0 Å². The van der Waals surface area contributed by atoms with Crippen molar-refractivity contribution in [2.45, 2.75) is 65.6 Å². The van der Waals surface area contributed by atoms with Crippen molar-refractivity contribution in [3.63, 3.8) is 0 Å². The molecule has 9 heteroatoms. The van der Waals surface area contributed by atoms with Crippen LogP contribution in [0.1, 0.15) is 68.8 Å². The lowest BCUT2D eigenvalue weighted by Crippen LogP contribution is -2.47. The van der Waals surface area contributed by atoms with E-state index in [0.717, 1.165) is 11.3 Å². The molecule has 2 amide bonds. The minimum Gasteiger partial charge on any atom is -0.483 e. The molecule has 0 saturated carbocycles. The van der Waals surface area contributed by atoms with Crippen molar-refractivity contribution >= 4 is 11.8 Å². The number of amides is 2. The summed E-state index contributed by atoms with van der Waals surface area (Å²) in [5, 5.41) is 7.06. The van der Waals surface area contributed by atoms with Crippen LogP contribution in [0.15, 0.2) is 75.8 Å². The Labute approximate surface area is 240 Å². The Bertz CT molecular complexity index is 1450. The van der Waals surface area contributed by atoms with Gasteiger partial charge in [0.1, 0.15) is 23.2 Å². The van der Waals surface area contributed by atoms with Crippen LogP contribution < -0.4 is 10.1 Å². The average molecular weight is 559 g/mol. The van der Waals surface area contributed by atoms with Gasteiger partial charge >= 0.3 is 0 Å². The van der Waals surface area contributed by atoms with Gasteiger partial charge in [0.2, 0.25) is 11.8 Å². The zero-order valence-electron chi connectivity index (χ0n) is 24.5. The van der Waals surface area contributed by atoms with Crippen LogP contribution in [0.25, 0.3) is 11.3 Å². The van der Waals surface area contributed by atoms with Crippen molar-refractivity contribution < 1.29 is 23.3 Å². The van der Waals surface area contributed by atoms with Crippen LogP contribution in [0.3, 0.4) is 0 Å². The first-order chi connectivity index (χ1) is 19.5. The third-order valence-corrected chi connectivity index (χ3v) is 6.48. The van der Waals surface area contributed by atoms with Crippen molar-refractivity contribution in [2.24, 2.45) is 5.92 Å². The van der Waals surface area contributed by atoms with E-state index >= 15 is 0 Å². The number of carbonyl (C=O) groups excluding carboxylic acids is 2. The summed E-state index contributed by atoms with van der Waals surface area (Å²) in [6.07, 6.45) is 2.16. The quantitative estimate of drug-likeness (QED) is 0.240. The second-order valence-electron chi connectivity index (χ2n) is 11.5. The highest BCUT2D eigenvalue weighted by molar-refractivity contribution is 5.99. The van der Waals surface area contributed by atoms with Gasteiger partial charge in [-0.2, -0.15) is 0 Å². The van der Waals surface area contributed by atoms with E-state index in [0.29, 0.717) is 35.1 Å². The van der Waals surface area contributed by atoms with Crippen LogP contribution in [0.5, 0.6) is 5.75 Å². The number of aromatic nitrogens is 2. The van der Waals surface area contributed by atoms with Gasteiger partial charge in [-0.15, -0.1) is 0 Å². The van der Waals surface area contributed by atoms with Gasteiger partial charge < -0.3 is 23.9 Å². The molecule has 0 bridgehead atoms. The van der Waals surface area contributed by atoms with E-state index < -0.39 is 11.9 Å². The third-order valence-electron chi connectivity index (χ3n) is 6.48. The molecule has 41 heavy (non-hydrogen) atoms. The van der Waals surface area contributed by atoms with Gasteiger partial charge in [-0.05, 0) is 24.5 Å². The number of hydrogen-bond acceptors (Lipinski definition) is 7. The maximum Gasteiger partial charge on any atom is 0.255 e. The molecule has 1 atom stereocenters. The molecule has 0 spiro atoms. The normalized spacial score (nSPS) is 12.3. The summed E-state index contributed by atoms with van der Waals surface area (Å²) in [5.74, 6) is 1.64. The van der Waals surface area contributed by atoms with E-state index in [1.54, 1.807) is 42.4 Å². The largest absolute Gasteiger partial charge is 0.483 e. The lowest BCUT2D eigenvalue weighted by atomic mass is 9.94. The molecule has 9 nitrogen and oxygen atoms in total. The molecule has 4 aromatic rings. The number of ether oxygens (including phenoxy) is 1. The standard InChI is InChI=1S/C32H38N4O5/c1-21(2)16-26(31(38)36(6)19-23-17-25(35-41-23)22-12-8-7-9-13-22)34-30(37)24-14-10-11-15-27(24)39-20-29-33-18-28(40-29)32(3,4)5/h7-15,17-18,21,26H,16,19-20H2,1-6H3,(H,34,37). The topological polar surface area (TPSA) is 111 Å². The molecule has 1 N–H and O–H groups in total. The van der Waals surface area contributed by atoms with Crippen molar-refractivity contribution in [3.05, 3.63) is 89.8 Å². The Morgan fingerprint density at radius 2 is 1.76 bits per heavy atom. The number of benzene rings is 2. The van der Waals surface area contributed by atoms with Crippen LogP contribution in [0.4, 0.5) is 0 Å². The monoisotopic (exact) mass is 558 g/mol. The maximum absolute atomic E-state index is 13.5. The fourth-order valence-electron chi connectivity index (χ4n) is 4.28. The molecule has 2 aromatic heterocycles. The van der Waals surface area contributed by atoms with E-state index in [2.05, 4.69) is 15.5 Å². The van der Waals surface area contributed by atoms with Gasteiger partial charge in [0.15, 0.2) is 12.4 Å². The Morgan fingerprint density at radius 1 is 1.05 bits per heavy atom. The van der Waals surface area contributed by atoms with E-state index in [9.17, 15) is 9.59 Å². The summed E-state index contributed by atoms with van der Waals surface area (Å²) in [4.78, 5) is 32.8. The molecule has 216 valence electrons. The van der Waals surface area contributed by atoms with Crippen LogP contribution in [-0.2, 0) is 23.4 Å². The molecule has 0 fully saturated rings. The first-order valence-electron chi connectivity index (χ1n) is 13.7. The van der Waals surface area contributed by atoms with Gasteiger partial charge in [0, 0.05) is 24.1 Å². The van der Waals surface area contributed by atoms with Gasteiger partial charge in [-0.1, -0.05) is 82.2 Å². The fourth-order valence-corrected chi connectivity index (χ4v) is 4.28. The fraction of sp³-hybridized carbons (Fsp3) is 0.375. The number of para-hydroxylation sites is 1. The lowest BCUT2D eigenvalue weighted by Gasteiger charge is -2.25. The molecule has 1 unspecified atom stereocenters. The van der Waals surface area contributed by atoms with E-state index in [4.69, 9.17) is 13.7 Å². The predicted molar refractivity (Wildman–Crippen MR) is 155 cm³/mol. The summed E-state index contributed by atoms with van der Waals surface area (Å²) in [6, 6.07) is 17.7. The predicted octanol–water partition coefficient (Wildman–Crippen LogP) is 6.01. The molecular weight excluding hydrogens is 520 g/mol. The number of hydrogen-bond donors (Lipinski definition) is 1. The molecule has 0 radical (unpaired) electrons. The molecule has 0 aliphatic rings. The minimum absolute atomic E-state index is 0.0691. The lowest BCUT2D eigenvalue weighted by molar-refractivity contribution is -0.133. The van der Waals surface area contributed by atoms with Crippen molar-refractivity contribution in [3.8, 4) is 17.0 Å². The van der Waals surface area contributed by atoms with Crippen LogP contribution in [0.2, 0.25) is 0 Å². The Hall–Kier alpha value is -4.40. The highest BCUT2D eigenvalue weighted by atomic mass is 16.5. The number of likely N-dealkylation sites (N-methyl/N-ethyl adjacent to an activating group) is 1. The molecule has 0 aliphatic carbocycles. The first kappa shape index (κ1) is 29.6. The summed E-state index contributed by atoms with van der Waals surface area (Å²) in [5.41, 5.74) is 1.78. The van der Waals surface area contributed by atoms with E-state index in [-0.39, 0.29) is 30.4 Å². The molecule has 2 aromatic carbocycles. The van der Waals surface area contributed by atoms with Crippen LogP contribution >= 0.6 is 0 Å². The smallest absolute Gasteiger partial charge is 0.255 e. The molecule has 2 heterocycles. The average Bonchev–Trinajstić information content (AvgIpc) is 3.61. The van der Waals surface area contributed by atoms with Crippen molar-refractivity contribution in [2.75, 3.05) is 7.05 Å². The van der Waals surface area contributed by atoms with Crippen molar-refractivity contribution in [1.29, 1.82) is 0 Å². The second-order valence-corrected chi connectivity index (χ2v) is 11.5. The zero-order chi connectivity index (χ0) is 29.6. The Kier molecular flexibility index (Phi) is 9.27. The minimum atomic E-state index is -0.738. The Balaban J connectivity index is 1.43. The molecule has 4 rings (SSSR count). The van der Waals surface area contributed by atoms with Crippen molar-refractivity contribution in [1.82, 2.24) is 20.4 Å². The second kappa shape index (κ2) is 12.8. The third kappa shape index (κ3) is 7.84. The highest BCUT2D eigenvalue weighted by Crippen LogP contribution is 2.25. The summed E-state index contributed by atoms with van der Waals surface area (Å²) >= 11 is 0. The van der Waals surface area contributed by atoms with Crippen LogP contribution in [0, 0.1) is 5.92 Å². The van der Waals surface area contributed by atoms with E-state index in [1.165, 1.54) is 0 Å². The molecule has 0 aliphatic heterocycles. The SMILES string of the molecule is CC(C)CC(NC(=O)c1ccccc1OCc1ncc(C(C)(C)C)o1)C(=O)N(C)Cc1cc(-c2ccccc2)no1. The first-order valence-corrected chi connectivity index (χ1v) is 13.7. The number of nitrogens with zero attached hydrogens (tertiary/aromatic N) is 3. The van der Waals surface area contributed by atoms with Gasteiger partial charge in [0.05, 0.1) is 18.3 Å². The molecular formula is C32H38N4O5. The van der Waals surface area contributed by atoms with Gasteiger partial charge in [0.25, 0.3) is 5.91 Å². The maximum atomic E-state index is 13.5. The summed E-state index contributed by atoms with van der Waals surface area (Å²) in [7, 11) is 1.69. The number of oxazole rings is 1. The summed E-state index contributed by atoms with van der Waals surface area (Å²) in [6.45, 7) is 10.4. The zero-order valence-corrected chi connectivity index (χ0v) is 24.5. The van der Waals surface area contributed by atoms with Crippen LogP contribution in [-0.4, -0.2) is 39.9 Å². The number of nitrogens with one attached hydrogen (secondary N) is 1. The van der Waals surface area contributed by atoms with Gasteiger partial charge in [-0.3, -0.25) is 9.59 Å². The summed E-state index contributed by atoms with van der Waals surface area (Å²) < 4.78 is 17.2. The number of carbonyl (C=O) groups is 2. The molecule has 0 saturated heterocycles. The Morgan fingerprint density at radius 3 is 2.44 bits per heavy atom.